The molecule has 0 spiro atoms. The van der Waals surface area contributed by atoms with Gasteiger partial charge in [-0.15, -0.1) is 0 Å². The summed E-state index contributed by atoms with van der Waals surface area (Å²) in [7, 11) is 1.36. The molecular weight excluding hydrogens is 292 g/mol. The largest absolute Gasteiger partial charge is 0.469 e. The Balaban J connectivity index is 2.20. The van der Waals surface area contributed by atoms with Crippen LogP contribution in [0.3, 0.4) is 0 Å². The smallest absolute Gasteiger partial charge is 0.305 e. The van der Waals surface area contributed by atoms with E-state index in [4.69, 9.17) is 11.6 Å². The molecule has 3 N–H and O–H groups in total. The van der Waals surface area contributed by atoms with Crippen molar-refractivity contribution in [1.29, 1.82) is 0 Å². The molecule has 116 valence electrons. The van der Waals surface area contributed by atoms with Crippen LogP contribution in [0.2, 0.25) is 5.02 Å². The molecule has 0 saturated heterocycles. The molecule has 0 unspecified atom stereocenters. The molecule has 0 aliphatic carbocycles. The van der Waals surface area contributed by atoms with E-state index in [0.717, 1.165) is 5.56 Å². The fourth-order valence-corrected chi connectivity index (χ4v) is 1.95. The van der Waals surface area contributed by atoms with E-state index in [1.54, 1.807) is 0 Å². The minimum absolute atomic E-state index is 0.0410. The summed E-state index contributed by atoms with van der Waals surface area (Å²) < 4.78 is 4.53. The predicted molar refractivity (Wildman–Crippen MR) is 80.9 cm³/mol. The van der Waals surface area contributed by atoms with Crippen molar-refractivity contribution in [2.24, 2.45) is 0 Å². The van der Waals surface area contributed by atoms with Crippen molar-refractivity contribution in [3.63, 3.8) is 0 Å². The van der Waals surface area contributed by atoms with Gasteiger partial charge in [-0.3, -0.25) is 9.59 Å². The van der Waals surface area contributed by atoms with E-state index in [-0.39, 0.29) is 17.9 Å². The molecule has 1 aromatic carbocycles. The Kier molecular flexibility index (Phi) is 7.79. The summed E-state index contributed by atoms with van der Waals surface area (Å²) in [6.45, 7) is 2.87. The van der Waals surface area contributed by atoms with Crippen LogP contribution in [0.15, 0.2) is 24.3 Å². The Bertz CT molecular complexity index is 462. The summed E-state index contributed by atoms with van der Waals surface area (Å²) in [4.78, 5) is 22.6. The topological polar surface area (TPSA) is 72.0 Å². The minimum Gasteiger partial charge on any atom is -0.469 e. The van der Waals surface area contributed by atoms with E-state index in [1.807, 2.05) is 36.5 Å². The number of rotatable bonds is 8. The number of hydrogen-bond donors (Lipinski definition) is 2. The highest BCUT2D eigenvalue weighted by Gasteiger charge is 2.11. The third kappa shape index (κ3) is 7.11. The summed E-state index contributed by atoms with van der Waals surface area (Å²) in [6, 6.07) is 7.78. The predicted octanol–water partition coefficient (Wildman–Crippen LogP) is 1.03. The van der Waals surface area contributed by atoms with Crippen LogP contribution in [0, 0.1) is 0 Å². The first-order valence-corrected chi connectivity index (χ1v) is 7.33. The molecule has 1 atom stereocenters. The lowest BCUT2D eigenvalue weighted by molar-refractivity contribution is -0.682. The van der Waals surface area contributed by atoms with Crippen molar-refractivity contribution in [2.45, 2.75) is 25.8 Å². The third-order valence-electron chi connectivity index (χ3n) is 3.16. The number of carbonyl (C=O) groups excluding carboxylic acids is 2. The zero-order valence-electron chi connectivity index (χ0n) is 12.4. The molecule has 0 radical (unpaired) electrons. The molecular formula is C15H22ClN2O3+. The maximum Gasteiger partial charge on any atom is 0.305 e. The van der Waals surface area contributed by atoms with Crippen LogP contribution in [-0.2, 0) is 14.3 Å². The Morgan fingerprint density at radius 3 is 2.62 bits per heavy atom. The van der Waals surface area contributed by atoms with E-state index < -0.39 is 0 Å². The first-order valence-electron chi connectivity index (χ1n) is 6.95. The van der Waals surface area contributed by atoms with Crippen molar-refractivity contribution in [2.75, 3.05) is 20.2 Å². The highest BCUT2D eigenvalue weighted by molar-refractivity contribution is 6.30. The van der Waals surface area contributed by atoms with Gasteiger partial charge in [0.1, 0.15) is 6.04 Å². The second-order valence-electron chi connectivity index (χ2n) is 4.81. The van der Waals surface area contributed by atoms with Gasteiger partial charge in [-0.2, -0.15) is 0 Å². The van der Waals surface area contributed by atoms with Crippen molar-refractivity contribution < 1.29 is 19.6 Å². The number of nitrogens with one attached hydrogen (secondary N) is 1. The number of amides is 1. The van der Waals surface area contributed by atoms with Gasteiger partial charge in [0, 0.05) is 23.6 Å². The van der Waals surface area contributed by atoms with E-state index in [2.05, 4.69) is 10.1 Å². The molecule has 1 amide bonds. The zero-order valence-corrected chi connectivity index (χ0v) is 13.2. The number of benzene rings is 1. The summed E-state index contributed by atoms with van der Waals surface area (Å²) in [5.74, 6) is -0.298. The van der Waals surface area contributed by atoms with Crippen molar-refractivity contribution in [1.82, 2.24) is 5.32 Å². The second kappa shape index (κ2) is 9.37. The van der Waals surface area contributed by atoms with Gasteiger partial charge < -0.3 is 15.4 Å². The molecule has 21 heavy (non-hydrogen) atoms. The third-order valence-corrected chi connectivity index (χ3v) is 3.41. The Morgan fingerprint density at radius 1 is 1.33 bits per heavy atom. The average Bonchev–Trinajstić information content (AvgIpc) is 2.49. The molecule has 0 bridgehead atoms. The summed E-state index contributed by atoms with van der Waals surface area (Å²) in [6.07, 6.45) is 0.910. The highest BCUT2D eigenvalue weighted by atomic mass is 35.5. The van der Waals surface area contributed by atoms with Crippen LogP contribution in [0.4, 0.5) is 0 Å². The second-order valence-corrected chi connectivity index (χ2v) is 5.25. The molecule has 5 nitrogen and oxygen atoms in total. The minimum atomic E-state index is -0.257. The van der Waals surface area contributed by atoms with Gasteiger partial charge in [0.25, 0.3) is 5.91 Å². The van der Waals surface area contributed by atoms with Crippen molar-refractivity contribution in [3.05, 3.63) is 34.9 Å². The highest BCUT2D eigenvalue weighted by Crippen LogP contribution is 2.13. The lowest BCUT2D eigenvalue weighted by Gasteiger charge is -2.11. The number of methoxy groups -OCH3 is 1. The van der Waals surface area contributed by atoms with Crippen LogP contribution in [0.25, 0.3) is 0 Å². The van der Waals surface area contributed by atoms with Crippen LogP contribution < -0.4 is 10.6 Å². The van der Waals surface area contributed by atoms with Crippen LogP contribution in [-0.4, -0.2) is 32.1 Å². The number of esters is 1. The van der Waals surface area contributed by atoms with Crippen LogP contribution >= 0.6 is 11.6 Å². The van der Waals surface area contributed by atoms with E-state index >= 15 is 0 Å². The van der Waals surface area contributed by atoms with Gasteiger partial charge in [-0.25, -0.2) is 0 Å². The maximum atomic E-state index is 11.7. The quantitative estimate of drug-likeness (QED) is 0.556. The first kappa shape index (κ1) is 17.5. The number of ether oxygens (including phenoxy) is 1. The Morgan fingerprint density at radius 2 is 2.00 bits per heavy atom. The zero-order chi connectivity index (χ0) is 15.7. The van der Waals surface area contributed by atoms with Gasteiger partial charge in [-0.1, -0.05) is 23.7 Å². The number of nitrogens with two attached hydrogens (primary N) is 1. The lowest BCUT2D eigenvalue weighted by Crippen LogP contribution is -2.87. The number of halogens is 1. The van der Waals surface area contributed by atoms with Gasteiger partial charge in [0.2, 0.25) is 0 Å². The van der Waals surface area contributed by atoms with E-state index in [0.29, 0.717) is 31.0 Å². The van der Waals surface area contributed by atoms with Crippen molar-refractivity contribution >= 4 is 23.5 Å². The molecule has 1 aromatic rings. The molecule has 0 aliphatic rings. The van der Waals surface area contributed by atoms with Crippen molar-refractivity contribution in [3.8, 4) is 0 Å². The average molecular weight is 314 g/mol. The summed E-state index contributed by atoms with van der Waals surface area (Å²) in [5, 5.41) is 5.44. The molecule has 6 heteroatoms. The lowest BCUT2D eigenvalue weighted by atomic mass is 10.1. The van der Waals surface area contributed by atoms with Gasteiger partial charge in [0.05, 0.1) is 7.11 Å². The molecule has 0 saturated carbocycles. The monoisotopic (exact) mass is 313 g/mol. The van der Waals surface area contributed by atoms with E-state index in [1.165, 1.54) is 7.11 Å². The van der Waals surface area contributed by atoms with Crippen LogP contribution in [0.1, 0.15) is 31.4 Å². The molecule has 0 fully saturated rings. The maximum absolute atomic E-state index is 11.7. The number of hydrogen-bond acceptors (Lipinski definition) is 3. The fourth-order valence-electron chi connectivity index (χ4n) is 1.82. The molecule has 0 aliphatic heterocycles. The Labute approximate surface area is 130 Å². The standard InChI is InChI=1S/C15H21ClN2O3/c1-11(12-5-7-13(16)8-6-12)18-10-14(19)17-9-3-4-15(20)21-2/h5-8,11,18H,3-4,9-10H2,1-2H3,(H,17,19)/p+1/t11-/m0/s1. The number of quaternary nitrogens is 1. The van der Waals surface area contributed by atoms with Crippen LogP contribution in [0.5, 0.6) is 0 Å². The molecule has 0 aromatic heterocycles. The summed E-state index contributed by atoms with van der Waals surface area (Å²) in [5.41, 5.74) is 1.12. The molecule has 0 heterocycles. The number of carbonyl (C=O) groups is 2. The van der Waals surface area contributed by atoms with Gasteiger partial charge in [0.15, 0.2) is 6.54 Å². The van der Waals surface area contributed by atoms with Gasteiger partial charge in [-0.05, 0) is 25.5 Å². The first-order chi connectivity index (χ1) is 10.0. The molecule has 1 rings (SSSR count). The normalized spacial score (nSPS) is 11.8. The fraction of sp³-hybridized carbons (Fsp3) is 0.467. The summed E-state index contributed by atoms with van der Waals surface area (Å²) >= 11 is 5.84. The van der Waals surface area contributed by atoms with E-state index in [9.17, 15) is 9.59 Å². The Hall–Kier alpha value is -1.59. The SMILES string of the molecule is COC(=O)CCCNC(=O)C[NH2+][C@@H](C)c1ccc(Cl)cc1. The van der Waals surface area contributed by atoms with Gasteiger partial charge >= 0.3 is 5.97 Å².